The fourth-order valence-corrected chi connectivity index (χ4v) is 5.07. The van der Waals surface area contributed by atoms with Gasteiger partial charge in [-0.25, -0.2) is 13.1 Å². The fraction of sp³-hybridized carbons (Fsp3) is 0.667. The number of hydrogen-bond donors (Lipinski definition) is 3. The van der Waals surface area contributed by atoms with Crippen LogP contribution in [0.1, 0.15) is 26.2 Å². The van der Waals surface area contributed by atoms with Gasteiger partial charge < -0.3 is 15.1 Å². The van der Waals surface area contributed by atoms with E-state index in [0.717, 1.165) is 17.8 Å². The maximum Gasteiger partial charge on any atom is 0.250 e. The number of thiophene rings is 1. The largest absolute Gasteiger partial charge is 0.396 e. The molecule has 0 bridgehead atoms. The summed E-state index contributed by atoms with van der Waals surface area (Å²) in [5.74, 6) is -0.378. The van der Waals surface area contributed by atoms with Crippen molar-refractivity contribution in [2.75, 3.05) is 26.2 Å². The molecule has 1 aromatic rings. The van der Waals surface area contributed by atoms with Crippen molar-refractivity contribution in [1.82, 2.24) is 9.62 Å². The summed E-state index contributed by atoms with van der Waals surface area (Å²) in [6, 6.07) is 3.10. The van der Waals surface area contributed by atoms with Crippen molar-refractivity contribution in [3.8, 4) is 0 Å². The summed E-state index contributed by atoms with van der Waals surface area (Å²) in [6.45, 7) is 2.04. The van der Waals surface area contributed by atoms with E-state index in [9.17, 15) is 23.4 Å². The summed E-state index contributed by atoms with van der Waals surface area (Å²) >= 11 is 1.08. The highest BCUT2D eigenvalue weighted by Gasteiger charge is 2.42. The molecule has 0 radical (unpaired) electrons. The van der Waals surface area contributed by atoms with E-state index in [1.54, 1.807) is 11.4 Å². The van der Waals surface area contributed by atoms with E-state index in [2.05, 4.69) is 4.72 Å². The third-order valence-corrected chi connectivity index (χ3v) is 7.37. The SMILES string of the molecule is CCC[C@]1(CO)CCN(C(=O)CNS(=O)(=O)c2cccs2)C[C@@H]1O. The first-order valence-corrected chi connectivity index (χ1v) is 10.3. The number of carbonyl (C=O) groups is 1. The van der Waals surface area contributed by atoms with Gasteiger partial charge in [-0.2, -0.15) is 0 Å². The number of hydrogen-bond acceptors (Lipinski definition) is 6. The first-order valence-electron chi connectivity index (χ1n) is 7.94. The van der Waals surface area contributed by atoms with Crippen LogP contribution in [0, 0.1) is 5.41 Å². The Hall–Kier alpha value is -1.00. The van der Waals surface area contributed by atoms with Crippen LogP contribution in [-0.4, -0.2) is 61.8 Å². The number of amides is 1. The van der Waals surface area contributed by atoms with Crippen molar-refractivity contribution < 1.29 is 23.4 Å². The van der Waals surface area contributed by atoms with Crippen LogP contribution in [0.25, 0.3) is 0 Å². The van der Waals surface area contributed by atoms with E-state index < -0.39 is 21.5 Å². The Morgan fingerprint density at radius 3 is 2.83 bits per heavy atom. The van der Waals surface area contributed by atoms with Crippen molar-refractivity contribution in [2.45, 2.75) is 36.5 Å². The molecule has 0 aliphatic carbocycles. The monoisotopic (exact) mass is 376 g/mol. The Bertz CT molecular complexity index is 647. The Morgan fingerprint density at radius 2 is 2.29 bits per heavy atom. The van der Waals surface area contributed by atoms with Gasteiger partial charge in [0.1, 0.15) is 4.21 Å². The molecule has 1 saturated heterocycles. The number of β-amino-alcohol motifs (C(OH)–C–C–N with tert-alkyl or cyclic N) is 1. The van der Waals surface area contributed by atoms with Crippen molar-refractivity contribution in [3.05, 3.63) is 17.5 Å². The molecule has 1 amide bonds. The van der Waals surface area contributed by atoms with Crippen molar-refractivity contribution in [2.24, 2.45) is 5.41 Å². The van der Waals surface area contributed by atoms with E-state index in [1.807, 2.05) is 6.92 Å². The fourth-order valence-electron chi connectivity index (χ4n) is 3.05. The summed E-state index contributed by atoms with van der Waals surface area (Å²) < 4.78 is 26.5. The van der Waals surface area contributed by atoms with Crippen molar-refractivity contribution in [3.63, 3.8) is 0 Å². The molecular formula is C15H24N2O5S2. The van der Waals surface area contributed by atoms with Gasteiger partial charge in [0, 0.05) is 18.5 Å². The van der Waals surface area contributed by atoms with Gasteiger partial charge in [-0.05, 0) is 24.3 Å². The zero-order chi connectivity index (χ0) is 17.8. The number of likely N-dealkylation sites (tertiary alicyclic amines) is 1. The maximum atomic E-state index is 12.2. The molecular weight excluding hydrogens is 352 g/mol. The van der Waals surface area contributed by atoms with Gasteiger partial charge in [-0.1, -0.05) is 19.4 Å². The lowest BCUT2D eigenvalue weighted by Gasteiger charge is -2.44. The van der Waals surface area contributed by atoms with Crippen LogP contribution in [-0.2, 0) is 14.8 Å². The van der Waals surface area contributed by atoms with Crippen LogP contribution < -0.4 is 4.72 Å². The summed E-state index contributed by atoms with van der Waals surface area (Å²) in [5, 5.41) is 21.6. The molecule has 1 aliphatic rings. The Balaban J connectivity index is 1.93. The summed E-state index contributed by atoms with van der Waals surface area (Å²) in [4.78, 5) is 13.7. The first kappa shape index (κ1) is 19.3. The number of aliphatic hydroxyl groups excluding tert-OH is 2. The average Bonchev–Trinajstić information content (AvgIpc) is 3.10. The van der Waals surface area contributed by atoms with E-state index in [4.69, 9.17) is 0 Å². The van der Waals surface area contributed by atoms with Crippen LogP contribution in [0.5, 0.6) is 0 Å². The molecule has 0 aromatic carbocycles. The second-order valence-corrected chi connectivity index (χ2v) is 9.07. The van der Waals surface area contributed by atoms with E-state index in [0.29, 0.717) is 19.4 Å². The van der Waals surface area contributed by atoms with Gasteiger partial charge >= 0.3 is 0 Å². The van der Waals surface area contributed by atoms with Crippen LogP contribution in [0.2, 0.25) is 0 Å². The molecule has 0 unspecified atom stereocenters. The van der Waals surface area contributed by atoms with Gasteiger partial charge in [0.2, 0.25) is 5.91 Å². The number of aliphatic hydroxyl groups is 2. The molecule has 0 spiro atoms. The van der Waals surface area contributed by atoms with Crippen LogP contribution in [0.4, 0.5) is 0 Å². The topological polar surface area (TPSA) is 107 Å². The third kappa shape index (κ3) is 4.15. The van der Waals surface area contributed by atoms with E-state index >= 15 is 0 Å². The zero-order valence-electron chi connectivity index (χ0n) is 13.6. The lowest BCUT2D eigenvalue weighted by Crippen LogP contribution is -2.55. The quantitative estimate of drug-likeness (QED) is 0.638. The molecule has 1 fully saturated rings. The molecule has 0 saturated carbocycles. The summed E-state index contributed by atoms with van der Waals surface area (Å²) in [5.41, 5.74) is -0.567. The van der Waals surface area contributed by atoms with Gasteiger partial charge in [-0.3, -0.25) is 4.79 Å². The lowest BCUT2D eigenvalue weighted by molar-refractivity contribution is -0.140. The molecule has 3 N–H and O–H groups in total. The van der Waals surface area contributed by atoms with Crippen LogP contribution in [0.3, 0.4) is 0 Å². The minimum Gasteiger partial charge on any atom is -0.396 e. The molecule has 2 heterocycles. The lowest BCUT2D eigenvalue weighted by atomic mass is 9.73. The summed E-state index contributed by atoms with van der Waals surface area (Å²) in [6.07, 6.45) is 1.22. The van der Waals surface area contributed by atoms with Crippen molar-refractivity contribution in [1.29, 1.82) is 0 Å². The highest BCUT2D eigenvalue weighted by Crippen LogP contribution is 2.36. The average molecular weight is 377 g/mol. The van der Waals surface area contributed by atoms with Gasteiger partial charge in [0.25, 0.3) is 10.0 Å². The van der Waals surface area contributed by atoms with Crippen LogP contribution >= 0.6 is 11.3 Å². The Kier molecular flexibility index (Phi) is 6.38. The predicted molar refractivity (Wildman–Crippen MR) is 91.1 cm³/mol. The Labute approximate surface area is 146 Å². The smallest absolute Gasteiger partial charge is 0.250 e. The first-order chi connectivity index (χ1) is 11.3. The van der Waals surface area contributed by atoms with Crippen LogP contribution in [0.15, 0.2) is 21.7 Å². The number of carbonyl (C=O) groups excluding carboxylic acids is 1. The number of sulfonamides is 1. The second-order valence-electron chi connectivity index (χ2n) is 6.13. The summed E-state index contributed by atoms with van der Waals surface area (Å²) in [7, 11) is -3.68. The third-order valence-electron chi connectivity index (χ3n) is 4.57. The van der Waals surface area contributed by atoms with Gasteiger partial charge in [0.15, 0.2) is 0 Å². The molecule has 9 heteroatoms. The molecule has 24 heavy (non-hydrogen) atoms. The highest BCUT2D eigenvalue weighted by atomic mass is 32.2. The number of piperidine rings is 1. The molecule has 2 atom stereocenters. The number of nitrogens with one attached hydrogen (secondary N) is 1. The van der Waals surface area contributed by atoms with E-state index in [-0.39, 0.29) is 29.8 Å². The standard InChI is InChI=1S/C15H24N2O5S2/c1-2-5-15(11-18)6-7-17(10-12(15)19)13(20)9-16-24(21,22)14-4-3-8-23-14/h3-4,8,12,16,18-19H,2,5-7,9-11H2,1H3/t12-,15+/m0/s1. The molecule has 1 aliphatic heterocycles. The minimum atomic E-state index is -3.68. The normalized spacial score (nSPS) is 25.0. The van der Waals surface area contributed by atoms with Crippen molar-refractivity contribution >= 4 is 27.3 Å². The number of nitrogens with zero attached hydrogens (tertiary/aromatic N) is 1. The zero-order valence-corrected chi connectivity index (χ0v) is 15.3. The van der Waals surface area contributed by atoms with Gasteiger partial charge in [-0.15, -0.1) is 11.3 Å². The van der Waals surface area contributed by atoms with E-state index in [1.165, 1.54) is 11.0 Å². The Morgan fingerprint density at radius 1 is 1.54 bits per heavy atom. The number of rotatable bonds is 7. The molecule has 1 aromatic heterocycles. The second kappa shape index (κ2) is 7.92. The maximum absolute atomic E-state index is 12.2. The van der Waals surface area contributed by atoms with Gasteiger partial charge in [0.05, 0.1) is 19.3 Å². The highest BCUT2D eigenvalue weighted by molar-refractivity contribution is 7.91. The molecule has 136 valence electrons. The molecule has 2 rings (SSSR count). The predicted octanol–water partition coefficient (Wildman–Crippen LogP) is 0.398. The minimum absolute atomic E-state index is 0.111. The molecule has 7 nitrogen and oxygen atoms in total.